The number of rotatable bonds is 3. The first kappa shape index (κ1) is 13.4. The van der Waals surface area contributed by atoms with Crippen LogP contribution in [-0.2, 0) is 16.0 Å². The van der Waals surface area contributed by atoms with Crippen molar-refractivity contribution in [2.75, 3.05) is 20.7 Å². The lowest BCUT2D eigenvalue weighted by molar-refractivity contribution is -0.142. The number of ether oxygens (including phenoxy) is 1. The van der Waals surface area contributed by atoms with E-state index in [-0.39, 0.29) is 18.4 Å². The quantitative estimate of drug-likeness (QED) is 0.863. The van der Waals surface area contributed by atoms with Crippen LogP contribution in [0.3, 0.4) is 0 Å². The van der Waals surface area contributed by atoms with Crippen LogP contribution < -0.4 is 10.1 Å². The molecule has 5 nitrogen and oxygen atoms in total. The summed E-state index contributed by atoms with van der Waals surface area (Å²) in [6.45, 7) is 2.09. The molecule has 1 saturated heterocycles. The Labute approximate surface area is 112 Å². The van der Waals surface area contributed by atoms with E-state index in [1.165, 1.54) is 4.90 Å². The van der Waals surface area contributed by atoms with Gasteiger partial charge in [-0.2, -0.15) is 0 Å². The van der Waals surface area contributed by atoms with Gasteiger partial charge in [-0.05, 0) is 24.1 Å². The molecule has 1 unspecified atom stereocenters. The monoisotopic (exact) mass is 262 g/mol. The lowest BCUT2D eigenvalue weighted by atomic mass is 10.0. The minimum Gasteiger partial charge on any atom is -0.496 e. The molecule has 1 aliphatic heterocycles. The predicted molar refractivity (Wildman–Crippen MR) is 71.0 cm³/mol. The summed E-state index contributed by atoms with van der Waals surface area (Å²) < 4.78 is 5.20. The number of likely N-dealkylation sites (N-methyl/N-ethyl adjacent to an activating group) is 1. The summed E-state index contributed by atoms with van der Waals surface area (Å²) in [5, 5.41) is 2.73. The number of carbonyl (C=O) groups excluding carboxylic acids is 2. The van der Waals surface area contributed by atoms with Gasteiger partial charge < -0.3 is 15.0 Å². The first-order chi connectivity index (χ1) is 9.01. The number of nitrogens with zero attached hydrogens (tertiary/aromatic N) is 1. The van der Waals surface area contributed by atoms with Crippen LogP contribution in [0.4, 0.5) is 0 Å². The topological polar surface area (TPSA) is 58.6 Å². The largest absolute Gasteiger partial charge is 0.496 e. The number of benzene rings is 1. The van der Waals surface area contributed by atoms with Crippen molar-refractivity contribution in [3.8, 4) is 5.75 Å². The van der Waals surface area contributed by atoms with Gasteiger partial charge in [0.25, 0.3) is 0 Å². The highest BCUT2D eigenvalue weighted by atomic mass is 16.5. The Bertz CT molecular complexity index is 513. The lowest BCUT2D eigenvalue weighted by Crippen LogP contribution is -2.57. The Hall–Kier alpha value is -2.04. The number of amides is 2. The van der Waals surface area contributed by atoms with Crippen molar-refractivity contribution in [2.45, 2.75) is 19.4 Å². The van der Waals surface area contributed by atoms with Gasteiger partial charge in [-0.25, -0.2) is 0 Å². The van der Waals surface area contributed by atoms with E-state index in [0.717, 1.165) is 16.9 Å². The van der Waals surface area contributed by atoms with E-state index in [4.69, 9.17) is 4.74 Å². The van der Waals surface area contributed by atoms with E-state index < -0.39 is 6.04 Å². The Morgan fingerprint density at radius 3 is 2.79 bits per heavy atom. The average molecular weight is 262 g/mol. The van der Waals surface area contributed by atoms with Gasteiger partial charge in [0, 0.05) is 13.5 Å². The number of methoxy groups -OCH3 is 1. The van der Waals surface area contributed by atoms with Gasteiger partial charge in [-0.1, -0.05) is 12.1 Å². The van der Waals surface area contributed by atoms with Crippen molar-refractivity contribution < 1.29 is 14.3 Å². The average Bonchev–Trinajstić information content (AvgIpc) is 2.35. The summed E-state index contributed by atoms with van der Waals surface area (Å²) in [6.07, 6.45) is 0.500. The molecule has 5 heteroatoms. The molecule has 0 spiro atoms. The third kappa shape index (κ3) is 2.86. The molecule has 0 bridgehead atoms. The number of piperazine rings is 1. The molecular formula is C14H18N2O3. The third-order valence-corrected chi connectivity index (χ3v) is 3.29. The van der Waals surface area contributed by atoms with E-state index >= 15 is 0 Å². The van der Waals surface area contributed by atoms with Crippen LogP contribution in [-0.4, -0.2) is 43.5 Å². The molecular weight excluding hydrogens is 244 g/mol. The first-order valence-corrected chi connectivity index (χ1v) is 6.19. The van der Waals surface area contributed by atoms with Crippen LogP contribution in [0, 0.1) is 6.92 Å². The van der Waals surface area contributed by atoms with Crippen LogP contribution in [0.1, 0.15) is 11.1 Å². The highest BCUT2D eigenvalue weighted by Gasteiger charge is 2.30. The smallest absolute Gasteiger partial charge is 0.245 e. The van der Waals surface area contributed by atoms with E-state index in [0.29, 0.717) is 6.42 Å². The van der Waals surface area contributed by atoms with E-state index in [2.05, 4.69) is 5.32 Å². The number of nitrogens with one attached hydrogen (secondary N) is 1. The molecule has 102 valence electrons. The molecule has 1 heterocycles. The molecule has 0 aromatic heterocycles. The van der Waals surface area contributed by atoms with Gasteiger partial charge in [-0.15, -0.1) is 0 Å². The van der Waals surface area contributed by atoms with Crippen LogP contribution in [0.5, 0.6) is 5.75 Å². The fourth-order valence-electron chi connectivity index (χ4n) is 2.30. The van der Waals surface area contributed by atoms with Crippen LogP contribution in [0.15, 0.2) is 18.2 Å². The molecule has 0 aliphatic carbocycles. The molecule has 2 rings (SSSR count). The zero-order valence-corrected chi connectivity index (χ0v) is 11.4. The van der Waals surface area contributed by atoms with E-state index in [1.807, 2.05) is 25.1 Å². The second kappa shape index (κ2) is 5.30. The molecule has 1 atom stereocenters. The molecule has 1 aromatic rings. The maximum atomic E-state index is 12.0. The minimum absolute atomic E-state index is 0.0481. The van der Waals surface area contributed by atoms with E-state index in [1.54, 1.807) is 14.2 Å². The molecule has 0 saturated carbocycles. The molecule has 1 aromatic carbocycles. The van der Waals surface area contributed by atoms with E-state index in [9.17, 15) is 9.59 Å². The molecule has 1 aliphatic rings. The normalized spacial score (nSPS) is 19.3. The minimum atomic E-state index is -0.473. The zero-order valence-electron chi connectivity index (χ0n) is 11.4. The number of carbonyl (C=O) groups is 2. The number of hydrogen-bond acceptors (Lipinski definition) is 3. The molecule has 1 N–H and O–H groups in total. The van der Waals surface area contributed by atoms with Gasteiger partial charge in [0.1, 0.15) is 11.8 Å². The van der Waals surface area contributed by atoms with Crippen LogP contribution >= 0.6 is 0 Å². The first-order valence-electron chi connectivity index (χ1n) is 6.19. The second-order valence-electron chi connectivity index (χ2n) is 4.82. The van der Waals surface area contributed by atoms with Crippen molar-refractivity contribution in [2.24, 2.45) is 0 Å². The van der Waals surface area contributed by atoms with Crippen molar-refractivity contribution in [3.05, 3.63) is 29.3 Å². The van der Waals surface area contributed by atoms with Gasteiger partial charge in [-0.3, -0.25) is 9.59 Å². The maximum Gasteiger partial charge on any atom is 0.245 e. The lowest BCUT2D eigenvalue weighted by Gasteiger charge is -2.29. The van der Waals surface area contributed by atoms with Gasteiger partial charge >= 0.3 is 0 Å². The maximum absolute atomic E-state index is 12.0. The SMILES string of the molecule is COc1ccc(CC2NC(=O)CN(C)C2=O)cc1C. The fourth-order valence-corrected chi connectivity index (χ4v) is 2.30. The summed E-state index contributed by atoms with van der Waals surface area (Å²) in [5.74, 6) is 0.658. The van der Waals surface area contributed by atoms with Gasteiger partial charge in [0.05, 0.1) is 13.7 Å². The zero-order chi connectivity index (χ0) is 14.0. The Kier molecular flexibility index (Phi) is 3.74. The van der Waals surface area contributed by atoms with Crippen molar-refractivity contribution in [1.82, 2.24) is 10.2 Å². The Morgan fingerprint density at radius 1 is 1.42 bits per heavy atom. The number of aryl methyl sites for hydroxylation is 1. The third-order valence-electron chi connectivity index (χ3n) is 3.29. The summed E-state index contributed by atoms with van der Waals surface area (Å²) >= 11 is 0. The van der Waals surface area contributed by atoms with Gasteiger partial charge in [0.15, 0.2) is 0 Å². The second-order valence-corrected chi connectivity index (χ2v) is 4.82. The summed E-state index contributed by atoms with van der Waals surface area (Å²) in [6, 6.07) is 5.30. The summed E-state index contributed by atoms with van der Waals surface area (Å²) in [4.78, 5) is 24.9. The standard InChI is InChI=1S/C14H18N2O3/c1-9-6-10(4-5-12(9)19-3)7-11-14(18)16(2)8-13(17)15-11/h4-6,11H,7-8H2,1-3H3,(H,15,17). The highest BCUT2D eigenvalue weighted by molar-refractivity contribution is 5.94. The van der Waals surface area contributed by atoms with Crippen molar-refractivity contribution in [3.63, 3.8) is 0 Å². The van der Waals surface area contributed by atoms with Crippen molar-refractivity contribution in [1.29, 1.82) is 0 Å². The van der Waals surface area contributed by atoms with Crippen LogP contribution in [0.25, 0.3) is 0 Å². The van der Waals surface area contributed by atoms with Crippen LogP contribution in [0.2, 0.25) is 0 Å². The molecule has 1 fully saturated rings. The Morgan fingerprint density at radius 2 is 2.16 bits per heavy atom. The molecule has 2 amide bonds. The fraction of sp³-hybridized carbons (Fsp3) is 0.429. The van der Waals surface area contributed by atoms with Gasteiger partial charge in [0.2, 0.25) is 11.8 Å². The predicted octanol–water partition coefficient (Wildman–Crippen LogP) is 0.503. The molecule has 0 radical (unpaired) electrons. The summed E-state index contributed by atoms with van der Waals surface area (Å²) in [7, 11) is 3.27. The summed E-state index contributed by atoms with van der Waals surface area (Å²) in [5.41, 5.74) is 2.02. The highest BCUT2D eigenvalue weighted by Crippen LogP contribution is 2.19. The molecule has 19 heavy (non-hydrogen) atoms. The van der Waals surface area contributed by atoms with Crippen molar-refractivity contribution >= 4 is 11.8 Å². The number of hydrogen-bond donors (Lipinski definition) is 1. The Balaban J connectivity index is 2.14.